The summed E-state index contributed by atoms with van der Waals surface area (Å²) in [5, 5.41) is 2.74. The molecule has 1 aliphatic heterocycles. The van der Waals surface area contributed by atoms with Gasteiger partial charge in [-0.1, -0.05) is 6.08 Å². The molecule has 0 spiro atoms. The van der Waals surface area contributed by atoms with Gasteiger partial charge in [-0.25, -0.2) is 4.39 Å². The molecule has 5 nitrogen and oxygen atoms in total. The van der Waals surface area contributed by atoms with Crippen LogP contribution in [0.4, 0.5) is 10.1 Å². The van der Waals surface area contributed by atoms with Gasteiger partial charge in [0.1, 0.15) is 11.2 Å². The van der Waals surface area contributed by atoms with E-state index in [1.54, 1.807) is 23.1 Å². The van der Waals surface area contributed by atoms with Crippen LogP contribution in [0, 0.1) is 11.2 Å². The molecule has 24 heavy (non-hydrogen) atoms. The molecule has 1 aromatic carbocycles. The van der Waals surface area contributed by atoms with Crippen molar-refractivity contribution in [2.75, 3.05) is 37.6 Å². The number of anilines is 1. The Morgan fingerprint density at radius 2 is 1.79 bits per heavy atom. The van der Waals surface area contributed by atoms with Crippen LogP contribution in [0.1, 0.15) is 12.8 Å². The molecule has 128 valence electrons. The largest absolute Gasteiger partial charge is 0.368 e. The summed E-state index contributed by atoms with van der Waals surface area (Å²) in [6, 6.07) is 6.38. The lowest BCUT2D eigenvalue weighted by atomic mass is 10.0. The van der Waals surface area contributed by atoms with E-state index < -0.39 is 5.41 Å². The minimum atomic E-state index is -0.860. The second kappa shape index (κ2) is 6.63. The van der Waals surface area contributed by atoms with E-state index >= 15 is 0 Å². The Kier molecular flexibility index (Phi) is 4.55. The van der Waals surface area contributed by atoms with Gasteiger partial charge in [0.2, 0.25) is 11.8 Å². The van der Waals surface area contributed by atoms with Gasteiger partial charge in [-0.3, -0.25) is 9.59 Å². The first-order chi connectivity index (χ1) is 11.6. The highest BCUT2D eigenvalue weighted by Crippen LogP contribution is 2.47. The fourth-order valence-electron chi connectivity index (χ4n) is 3.12. The average molecular weight is 331 g/mol. The summed E-state index contributed by atoms with van der Waals surface area (Å²) in [5.41, 5.74) is 0.0921. The number of benzene rings is 1. The predicted octanol–water partition coefficient (Wildman–Crippen LogP) is 1.56. The molecule has 0 radical (unpaired) electrons. The van der Waals surface area contributed by atoms with Crippen molar-refractivity contribution in [2.24, 2.45) is 5.41 Å². The highest BCUT2D eigenvalue weighted by Gasteiger charge is 2.57. The highest BCUT2D eigenvalue weighted by atomic mass is 19.1. The van der Waals surface area contributed by atoms with Gasteiger partial charge in [0, 0.05) is 38.4 Å². The van der Waals surface area contributed by atoms with Crippen LogP contribution in [0.5, 0.6) is 0 Å². The number of nitrogens with zero attached hydrogens (tertiary/aromatic N) is 2. The van der Waals surface area contributed by atoms with Crippen molar-refractivity contribution in [2.45, 2.75) is 12.8 Å². The minimum Gasteiger partial charge on any atom is -0.368 e. The molecular weight excluding hydrogens is 309 g/mol. The molecule has 3 rings (SSSR count). The van der Waals surface area contributed by atoms with Crippen LogP contribution in [-0.4, -0.2) is 49.4 Å². The third-order valence-electron chi connectivity index (χ3n) is 4.76. The van der Waals surface area contributed by atoms with Crippen LogP contribution < -0.4 is 10.2 Å². The number of hydrogen-bond donors (Lipinski definition) is 1. The van der Waals surface area contributed by atoms with E-state index in [9.17, 15) is 14.0 Å². The monoisotopic (exact) mass is 331 g/mol. The summed E-state index contributed by atoms with van der Waals surface area (Å²) in [4.78, 5) is 28.9. The van der Waals surface area contributed by atoms with Gasteiger partial charge in [0.25, 0.3) is 0 Å². The van der Waals surface area contributed by atoms with Crippen molar-refractivity contribution in [3.05, 3.63) is 42.7 Å². The molecule has 2 amide bonds. The predicted molar refractivity (Wildman–Crippen MR) is 90.1 cm³/mol. The van der Waals surface area contributed by atoms with Crippen LogP contribution in [0.15, 0.2) is 36.9 Å². The van der Waals surface area contributed by atoms with E-state index in [4.69, 9.17) is 0 Å². The van der Waals surface area contributed by atoms with Crippen molar-refractivity contribution in [1.29, 1.82) is 0 Å². The summed E-state index contributed by atoms with van der Waals surface area (Å²) in [7, 11) is 0. The van der Waals surface area contributed by atoms with Crippen LogP contribution in [0.25, 0.3) is 0 Å². The number of carbonyl (C=O) groups excluding carboxylic acids is 2. The quantitative estimate of drug-likeness (QED) is 0.658. The normalized spacial score (nSPS) is 18.9. The number of rotatable bonds is 5. The van der Waals surface area contributed by atoms with Crippen LogP contribution in [-0.2, 0) is 9.59 Å². The SMILES string of the molecule is C=CCNC(=O)C1(C(=O)N2CCN(c3ccc(F)cc3)CC2)CC1. The first-order valence-corrected chi connectivity index (χ1v) is 8.26. The molecule has 1 aromatic rings. The van der Waals surface area contributed by atoms with Gasteiger partial charge in [-0.15, -0.1) is 6.58 Å². The Hall–Kier alpha value is -2.37. The number of carbonyl (C=O) groups is 2. The fourth-order valence-corrected chi connectivity index (χ4v) is 3.12. The maximum absolute atomic E-state index is 13.0. The Balaban J connectivity index is 1.58. The van der Waals surface area contributed by atoms with Crippen molar-refractivity contribution < 1.29 is 14.0 Å². The molecule has 1 N–H and O–H groups in total. The third-order valence-corrected chi connectivity index (χ3v) is 4.76. The second-order valence-electron chi connectivity index (χ2n) is 6.34. The molecule has 1 aliphatic carbocycles. The summed E-state index contributed by atoms with van der Waals surface area (Å²) in [6.45, 7) is 6.47. The van der Waals surface area contributed by atoms with Gasteiger partial charge in [0.05, 0.1) is 0 Å². The second-order valence-corrected chi connectivity index (χ2v) is 6.34. The minimum absolute atomic E-state index is 0.0668. The average Bonchev–Trinajstić information content (AvgIpc) is 3.42. The van der Waals surface area contributed by atoms with Crippen molar-refractivity contribution in [3.63, 3.8) is 0 Å². The number of hydrogen-bond acceptors (Lipinski definition) is 3. The topological polar surface area (TPSA) is 52.7 Å². The molecule has 6 heteroatoms. The van der Waals surface area contributed by atoms with E-state index in [0.717, 1.165) is 5.69 Å². The van der Waals surface area contributed by atoms with Crippen LogP contribution in [0.3, 0.4) is 0 Å². The van der Waals surface area contributed by atoms with Crippen LogP contribution in [0.2, 0.25) is 0 Å². The Morgan fingerprint density at radius 3 is 2.33 bits per heavy atom. The summed E-state index contributed by atoms with van der Waals surface area (Å²) >= 11 is 0. The molecule has 0 atom stereocenters. The zero-order chi connectivity index (χ0) is 17.2. The number of piperazine rings is 1. The van der Waals surface area contributed by atoms with Crippen molar-refractivity contribution >= 4 is 17.5 Å². The maximum Gasteiger partial charge on any atom is 0.238 e. The first kappa shape index (κ1) is 16.5. The molecular formula is C18H22FN3O2. The highest BCUT2D eigenvalue weighted by molar-refractivity contribution is 6.08. The zero-order valence-corrected chi connectivity index (χ0v) is 13.6. The lowest BCUT2D eigenvalue weighted by molar-refractivity contribution is -0.144. The van der Waals surface area contributed by atoms with Crippen molar-refractivity contribution in [3.8, 4) is 0 Å². The molecule has 1 saturated carbocycles. The molecule has 0 bridgehead atoms. The lowest BCUT2D eigenvalue weighted by Gasteiger charge is -2.37. The number of amides is 2. The van der Waals surface area contributed by atoms with E-state index in [-0.39, 0.29) is 17.6 Å². The van der Waals surface area contributed by atoms with Gasteiger partial charge >= 0.3 is 0 Å². The maximum atomic E-state index is 13.0. The van der Waals surface area contributed by atoms with E-state index in [2.05, 4.69) is 16.8 Å². The summed E-state index contributed by atoms with van der Waals surface area (Å²) in [5.74, 6) is -0.509. The molecule has 0 unspecified atom stereocenters. The van der Waals surface area contributed by atoms with E-state index in [1.807, 2.05) is 0 Å². The van der Waals surface area contributed by atoms with E-state index in [0.29, 0.717) is 45.6 Å². The Morgan fingerprint density at radius 1 is 1.17 bits per heavy atom. The zero-order valence-electron chi connectivity index (χ0n) is 13.6. The molecule has 0 aromatic heterocycles. The molecule has 2 aliphatic rings. The van der Waals surface area contributed by atoms with Gasteiger partial charge in [0.15, 0.2) is 0 Å². The standard InChI is InChI=1S/C18H22FN3O2/c1-2-9-20-16(23)18(7-8-18)17(24)22-12-10-21(11-13-22)15-5-3-14(19)4-6-15/h2-6H,1,7-13H2,(H,20,23). The Bertz CT molecular complexity index is 632. The fraction of sp³-hybridized carbons (Fsp3) is 0.444. The van der Waals surface area contributed by atoms with Gasteiger partial charge in [-0.05, 0) is 37.1 Å². The lowest BCUT2D eigenvalue weighted by Crippen LogP contribution is -2.53. The third kappa shape index (κ3) is 3.13. The van der Waals surface area contributed by atoms with E-state index in [1.165, 1.54) is 12.1 Å². The number of halogens is 1. The van der Waals surface area contributed by atoms with Crippen molar-refractivity contribution in [1.82, 2.24) is 10.2 Å². The molecule has 1 heterocycles. The first-order valence-electron chi connectivity index (χ1n) is 8.26. The summed E-state index contributed by atoms with van der Waals surface area (Å²) < 4.78 is 13.0. The van der Waals surface area contributed by atoms with Crippen LogP contribution >= 0.6 is 0 Å². The number of nitrogens with one attached hydrogen (secondary N) is 1. The van der Waals surface area contributed by atoms with Gasteiger partial charge < -0.3 is 15.1 Å². The van der Waals surface area contributed by atoms with Gasteiger partial charge in [-0.2, -0.15) is 0 Å². The molecule has 1 saturated heterocycles. The summed E-state index contributed by atoms with van der Waals surface area (Å²) in [6.07, 6.45) is 2.85. The smallest absolute Gasteiger partial charge is 0.238 e. The molecule has 2 fully saturated rings. The Labute approximate surface area is 141 Å².